The molecule has 8 heteroatoms. The average Bonchev–Trinajstić information content (AvgIpc) is 3.17. The Hall–Kier alpha value is -2.48. The summed E-state index contributed by atoms with van der Waals surface area (Å²) in [6.45, 7) is 8.65. The van der Waals surface area contributed by atoms with Crippen LogP contribution in [-0.2, 0) is 16.0 Å². The van der Waals surface area contributed by atoms with Gasteiger partial charge in [0.25, 0.3) is 5.91 Å². The number of anilines is 1. The van der Waals surface area contributed by atoms with E-state index in [9.17, 15) is 9.59 Å². The second-order valence-electron chi connectivity index (χ2n) is 6.57. The molecular weight excluding hydrogens is 364 g/mol. The van der Waals surface area contributed by atoms with Crippen LogP contribution >= 0.6 is 11.5 Å². The van der Waals surface area contributed by atoms with Crippen LogP contribution in [0.15, 0.2) is 18.2 Å². The van der Waals surface area contributed by atoms with Gasteiger partial charge >= 0.3 is 5.97 Å². The molecule has 27 heavy (non-hydrogen) atoms. The standard InChI is InChI=1S/C19H24N4O3S/c1-4-15-18(27-21-20-15)19(25)26-12-17(24)23-10-8-22(9-11-23)16-7-5-6-13(2)14(16)3/h5-7H,4,8-12H2,1-3H3. The zero-order valence-electron chi connectivity index (χ0n) is 15.9. The number of benzene rings is 1. The number of amides is 1. The second-order valence-corrected chi connectivity index (χ2v) is 7.32. The lowest BCUT2D eigenvalue weighted by atomic mass is 10.1. The number of carbonyl (C=O) groups is 2. The Labute approximate surface area is 163 Å². The van der Waals surface area contributed by atoms with Crippen molar-refractivity contribution in [2.75, 3.05) is 37.7 Å². The van der Waals surface area contributed by atoms with Gasteiger partial charge in [-0.25, -0.2) is 4.79 Å². The quantitative estimate of drug-likeness (QED) is 0.731. The molecule has 0 radical (unpaired) electrons. The second kappa shape index (κ2) is 8.47. The average molecular weight is 388 g/mol. The molecule has 0 aliphatic carbocycles. The highest BCUT2D eigenvalue weighted by atomic mass is 32.1. The third-order valence-electron chi connectivity index (χ3n) is 4.95. The van der Waals surface area contributed by atoms with Gasteiger partial charge in [0.1, 0.15) is 0 Å². The molecule has 0 atom stereocenters. The van der Waals surface area contributed by atoms with Crippen molar-refractivity contribution < 1.29 is 14.3 Å². The Kier molecular flexibility index (Phi) is 6.05. The lowest BCUT2D eigenvalue weighted by Gasteiger charge is -2.37. The van der Waals surface area contributed by atoms with E-state index < -0.39 is 5.97 Å². The molecule has 0 bridgehead atoms. The topological polar surface area (TPSA) is 75.6 Å². The predicted octanol–water partition coefficient (Wildman–Crippen LogP) is 2.22. The highest BCUT2D eigenvalue weighted by Crippen LogP contribution is 2.24. The monoisotopic (exact) mass is 388 g/mol. The van der Waals surface area contributed by atoms with Gasteiger partial charge in [-0.3, -0.25) is 4.79 Å². The Balaban J connectivity index is 1.51. The molecule has 2 aromatic rings. The van der Waals surface area contributed by atoms with Crippen molar-refractivity contribution >= 4 is 29.1 Å². The SMILES string of the molecule is CCc1nnsc1C(=O)OCC(=O)N1CCN(c2cccc(C)c2C)CC1. The van der Waals surface area contributed by atoms with Crippen molar-refractivity contribution in [3.05, 3.63) is 39.9 Å². The molecule has 1 fully saturated rings. The molecule has 1 saturated heterocycles. The molecule has 0 saturated carbocycles. The first-order valence-electron chi connectivity index (χ1n) is 9.08. The van der Waals surface area contributed by atoms with Crippen LogP contribution < -0.4 is 4.90 Å². The van der Waals surface area contributed by atoms with E-state index in [1.54, 1.807) is 4.90 Å². The fourth-order valence-corrected chi connectivity index (χ4v) is 3.80. The van der Waals surface area contributed by atoms with Crippen LogP contribution in [0.3, 0.4) is 0 Å². The maximum Gasteiger partial charge on any atom is 0.352 e. The summed E-state index contributed by atoms with van der Waals surface area (Å²) < 4.78 is 8.95. The molecule has 1 aromatic heterocycles. The number of ether oxygens (including phenoxy) is 1. The van der Waals surface area contributed by atoms with Crippen LogP contribution in [0.4, 0.5) is 5.69 Å². The van der Waals surface area contributed by atoms with Gasteiger partial charge in [-0.2, -0.15) is 0 Å². The molecule has 0 spiro atoms. The molecule has 1 aliphatic rings. The summed E-state index contributed by atoms with van der Waals surface area (Å²) in [6, 6.07) is 6.29. The maximum absolute atomic E-state index is 12.4. The van der Waals surface area contributed by atoms with Gasteiger partial charge in [0.2, 0.25) is 0 Å². The third-order valence-corrected chi connectivity index (χ3v) is 5.70. The molecular formula is C19H24N4O3S. The van der Waals surface area contributed by atoms with Gasteiger partial charge in [-0.1, -0.05) is 23.5 Å². The summed E-state index contributed by atoms with van der Waals surface area (Å²) in [7, 11) is 0. The van der Waals surface area contributed by atoms with Crippen molar-refractivity contribution in [2.45, 2.75) is 27.2 Å². The molecule has 1 amide bonds. The lowest BCUT2D eigenvalue weighted by molar-refractivity contribution is -0.134. The number of rotatable bonds is 5. The van der Waals surface area contributed by atoms with Crippen LogP contribution in [0.25, 0.3) is 0 Å². The van der Waals surface area contributed by atoms with Crippen molar-refractivity contribution in [1.29, 1.82) is 0 Å². The number of aryl methyl sites for hydroxylation is 2. The molecule has 1 aromatic carbocycles. The number of nitrogens with zero attached hydrogens (tertiary/aromatic N) is 4. The number of aromatic nitrogens is 2. The van der Waals surface area contributed by atoms with Gasteiger partial charge < -0.3 is 14.5 Å². The van der Waals surface area contributed by atoms with Crippen LogP contribution in [0, 0.1) is 13.8 Å². The maximum atomic E-state index is 12.4. The molecule has 0 N–H and O–H groups in total. The van der Waals surface area contributed by atoms with Gasteiger partial charge in [0.05, 0.1) is 5.69 Å². The third kappa shape index (κ3) is 4.27. The predicted molar refractivity (Wildman–Crippen MR) is 104 cm³/mol. The van der Waals surface area contributed by atoms with Crippen LogP contribution in [-0.4, -0.2) is 59.1 Å². The minimum absolute atomic E-state index is 0.167. The Morgan fingerprint density at radius 2 is 1.93 bits per heavy atom. The molecule has 0 unspecified atom stereocenters. The Bertz CT molecular complexity index is 828. The number of hydrogen-bond donors (Lipinski definition) is 0. The first-order valence-corrected chi connectivity index (χ1v) is 9.86. The van der Waals surface area contributed by atoms with Crippen LogP contribution in [0.2, 0.25) is 0 Å². The number of esters is 1. The van der Waals surface area contributed by atoms with Crippen molar-refractivity contribution in [3.8, 4) is 0 Å². The summed E-state index contributed by atoms with van der Waals surface area (Å²) in [5.41, 5.74) is 4.37. The van der Waals surface area contributed by atoms with Gasteiger partial charge in [-0.15, -0.1) is 5.10 Å². The number of piperazine rings is 1. The highest BCUT2D eigenvalue weighted by molar-refractivity contribution is 7.07. The number of hydrogen-bond acceptors (Lipinski definition) is 7. The minimum atomic E-state index is -0.524. The van der Waals surface area contributed by atoms with Crippen LogP contribution in [0.5, 0.6) is 0 Å². The first kappa shape index (κ1) is 19.3. The normalized spacial score (nSPS) is 14.3. The van der Waals surface area contributed by atoms with E-state index >= 15 is 0 Å². The summed E-state index contributed by atoms with van der Waals surface area (Å²) in [4.78, 5) is 28.9. The Morgan fingerprint density at radius 3 is 2.63 bits per heavy atom. The minimum Gasteiger partial charge on any atom is -0.451 e. The smallest absolute Gasteiger partial charge is 0.352 e. The van der Waals surface area contributed by atoms with E-state index in [2.05, 4.69) is 46.5 Å². The first-order chi connectivity index (χ1) is 13.0. The number of carbonyl (C=O) groups excluding carboxylic acids is 2. The van der Waals surface area contributed by atoms with Crippen molar-refractivity contribution in [3.63, 3.8) is 0 Å². The fraction of sp³-hybridized carbons (Fsp3) is 0.474. The van der Waals surface area contributed by atoms with E-state index in [1.807, 2.05) is 6.92 Å². The summed E-state index contributed by atoms with van der Waals surface area (Å²) in [5.74, 6) is -0.691. The largest absolute Gasteiger partial charge is 0.451 e. The molecule has 3 rings (SSSR count). The van der Waals surface area contributed by atoms with E-state index in [-0.39, 0.29) is 12.5 Å². The van der Waals surface area contributed by atoms with E-state index in [0.717, 1.165) is 24.6 Å². The van der Waals surface area contributed by atoms with Gasteiger partial charge in [0, 0.05) is 31.9 Å². The summed E-state index contributed by atoms with van der Waals surface area (Å²) in [5, 5.41) is 3.89. The molecule has 144 valence electrons. The molecule has 1 aliphatic heterocycles. The fourth-order valence-electron chi connectivity index (χ4n) is 3.15. The zero-order valence-corrected chi connectivity index (χ0v) is 16.7. The van der Waals surface area contributed by atoms with Crippen molar-refractivity contribution in [2.24, 2.45) is 0 Å². The lowest BCUT2D eigenvalue weighted by Crippen LogP contribution is -2.50. The van der Waals surface area contributed by atoms with Crippen molar-refractivity contribution in [1.82, 2.24) is 14.5 Å². The van der Waals surface area contributed by atoms with E-state index in [0.29, 0.717) is 30.1 Å². The highest BCUT2D eigenvalue weighted by Gasteiger charge is 2.24. The van der Waals surface area contributed by atoms with E-state index in [1.165, 1.54) is 16.8 Å². The van der Waals surface area contributed by atoms with Gasteiger partial charge in [0.15, 0.2) is 11.5 Å². The molecule has 2 heterocycles. The van der Waals surface area contributed by atoms with Gasteiger partial charge in [-0.05, 0) is 49.0 Å². The Morgan fingerprint density at radius 1 is 1.19 bits per heavy atom. The van der Waals surface area contributed by atoms with Crippen LogP contribution in [0.1, 0.15) is 33.4 Å². The molecule has 7 nitrogen and oxygen atoms in total. The zero-order chi connectivity index (χ0) is 19.4. The summed E-state index contributed by atoms with van der Waals surface area (Å²) >= 11 is 1.00. The van der Waals surface area contributed by atoms with E-state index in [4.69, 9.17) is 4.74 Å². The summed E-state index contributed by atoms with van der Waals surface area (Å²) in [6.07, 6.45) is 0.606.